The fourth-order valence-electron chi connectivity index (χ4n) is 3.42. The Hall–Kier alpha value is -3.19. The van der Waals surface area contributed by atoms with Crippen molar-refractivity contribution in [3.8, 4) is 16.3 Å². The summed E-state index contributed by atoms with van der Waals surface area (Å²) in [6, 6.07) is 13.8. The fraction of sp³-hybridized carbons (Fsp3) is 0.346. The quantitative estimate of drug-likeness (QED) is 0.301. The Kier molecular flexibility index (Phi) is 8.60. The van der Waals surface area contributed by atoms with Crippen LogP contribution in [-0.4, -0.2) is 46.3 Å². The van der Waals surface area contributed by atoms with E-state index < -0.39 is 5.97 Å². The zero-order valence-corrected chi connectivity index (χ0v) is 20.4. The van der Waals surface area contributed by atoms with E-state index in [4.69, 9.17) is 9.84 Å². The van der Waals surface area contributed by atoms with Gasteiger partial charge in [-0.3, -0.25) is 4.79 Å². The summed E-state index contributed by atoms with van der Waals surface area (Å²) < 4.78 is 7.04. The lowest BCUT2D eigenvalue weighted by Gasteiger charge is -2.26. The van der Waals surface area contributed by atoms with Gasteiger partial charge in [0.2, 0.25) is 0 Å². The molecule has 0 saturated heterocycles. The number of carbonyl (C=O) groups excluding carboxylic acids is 2. The van der Waals surface area contributed by atoms with Crippen LogP contribution >= 0.6 is 11.3 Å². The first-order chi connectivity index (χ1) is 15.8. The molecule has 0 fully saturated rings. The molecule has 7 heteroatoms. The van der Waals surface area contributed by atoms with Crippen molar-refractivity contribution in [2.45, 2.75) is 27.7 Å². The van der Waals surface area contributed by atoms with Crippen molar-refractivity contribution in [2.24, 2.45) is 11.8 Å². The number of para-hydroxylation sites is 1. The lowest BCUT2D eigenvalue weighted by molar-refractivity contribution is -0.148. The van der Waals surface area contributed by atoms with Gasteiger partial charge in [-0.05, 0) is 41.5 Å². The van der Waals surface area contributed by atoms with E-state index in [-0.39, 0.29) is 12.5 Å². The van der Waals surface area contributed by atoms with E-state index in [0.29, 0.717) is 24.9 Å². The summed E-state index contributed by atoms with van der Waals surface area (Å²) in [6.45, 7) is 9.29. The van der Waals surface area contributed by atoms with Crippen molar-refractivity contribution in [3.05, 3.63) is 65.7 Å². The Morgan fingerprint density at radius 1 is 1.06 bits per heavy atom. The monoisotopic (exact) mass is 465 g/mol. The third-order valence-electron chi connectivity index (χ3n) is 4.78. The summed E-state index contributed by atoms with van der Waals surface area (Å²) in [5.41, 5.74) is 2.51. The summed E-state index contributed by atoms with van der Waals surface area (Å²) in [6.07, 6.45) is 4.92. The van der Waals surface area contributed by atoms with Crippen LogP contribution in [0.3, 0.4) is 0 Å². The molecule has 0 aliphatic carbocycles. The Balaban J connectivity index is 1.70. The van der Waals surface area contributed by atoms with Gasteiger partial charge >= 0.3 is 5.97 Å². The lowest BCUT2D eigenvalue weighted by atomic mass is 10.1. The number of thiophene rings is 1. The molecule has 0 unspecified atom stereocenters. The largest absolute Gasteiger partial charge is 0.452 e. The molecule has 0 radical (unpaired) electrons. The molecule has 3 rings (SSSR count). The van der Waals surface area contributed by atoms with Crippen LogP contribution in [0.15, 0.2) is 60.1 Å². The number of aromatic nitrogens is 2. The number of rotatable bonds is 10. The van der Waals surface area contributed by atoms with Gasteiger partial charge in [-0.15, -0.1) is 11.3 Å². The number of nitrogens with zero attached hydrogens (tertiary/aromatic N) is 3. The minimum atomic E-state index is -0.554. The topological polar surface area (TPSA) is 64.4 Å². The van der Waals surface area contributed by atoms with E-state index in [9.17, 15) is 9.59 Å². The van der Waals surface area contributed by atoms with Gasteiger partial charge in [0.25, 0.3) is 5.91 Å². The molecule has 3 aromatic rings. The summed E-state index contributed by atoms with van der Waals surface area (Å²) in [5.74, 6) is -0.0300. The summed E-state index contributed by atoms with van der Waals surface area (Å²) in [4.78, 5) is 27.7. The van der Waals surface area contributed by atoms with E-state index >= 15 is 0 Å². The molecule has 0 aliphatic heterocycles. The number of hydrogen-bond donors (Lipinski definition) is 0. The van der Waals surface area contributed by atoms with Crippen LogP contribution in [0.25, 0.3) is 22.3 Å². The standard InChI is InChI=1S/C26H31N3O3S/c1-19(2)15-28(16-20(3)4)24(30)18-32-25(31)13-12-21-17-29(22-9-6-5-7-10-22)27-26(21)23-11-8-14-33-23/h5-14,17,19-20H,15-16,18H2,1-4H3. The Labute approximate surface area is 199 Å². The Bertz CT molecular complexity index is 1060. The van der Waals surface area contributed by atoms with Crippen LogP contribution in [0.4, 0.5) is 0 Å². The van der Waals surface area contributed by atoms with E-state index in [1.165, 1.54) is 6.08 Å². The number of ether oxygens (including phenoxy) is 1. The van der Waals surface area contributed by atoms with E-state index in [1.54, 1.807) is 27.0 Å². The van der Waals surface area contributed by atoms with Gasteiger partial charge in [0, 0.05) is 30.9 Å². The first-order valence-electron chi connectivity index (χ1n) is 11.1. The van der Waals surface area contributed by atoms with Crippen molar-refractivity contribution < 1.29 is 14.3 Å². The number of carbonyl (C=O) groups is 2. The van der Waals surface area contributed by atoms with Crippen LogP contribution in [0.2, 0.25) is 0 Å². The molecule has 2 heterocycles. The highest BCUT2D eigenvalue weighted by Gasteiger charge is 2.18. The normalized spacial score (nSPS) is 11.5. The van der Waals surface area contributed by atoms with Gasteiger partial charge in [-0.1, -0.05) is 52.0 Å². The highest BCUT2D eigenvalue weighted by Crippen LogP contribution is 2.28. The van der Waals surface area contributed by atoms with Crippen molar-refractivity contribution in [3.63, 3.8) is 0 Å². The van der Waals surface area contributed by atoms with E-state index in [1.807, 2.05) is 54.0 Å². The van der Waals surface area contributed by atoms with Gasteiger partial charge in [0.1, 0.15) is 5.69 Å². The van der Waals surface area contributed by atoms with Crippen LogP contribution in [0, 0.1) is 11.8 Å². The second kappa shape index (κ2) is 11.6. The van der Waals surface area contributed by atoms with Crippen molar-refractivity contribution in [2.75, 3.05) is 19.7 Å². The van der Waals surface area contributed by atoms with Gasteiger partial charge < -0.3 is 9.64 Å². The predicted molar refractivity (Wildman–Crippen MR) is 133 cm³/mol. The summed E-state index contributed by atoms with van der Waals surface area (Å²) >= 11 is 1.58. The molecule has 6 nitrogen and oxygen atoms in total. The molecule has 0 saturated carbocycles. The van der Waals surface area contributed by atoms with Crippen LogP contribution in [0.5, 0.6) is 0 Å². The predicted octanol–water partition coefficient (Wildman–Crippen LogP) is 5.30. The van der Waals surface area contributed by atoms with Gasteiger partial charge in [-0.25, -0.2) is 9.48 Å². The second-order valence-electron chi connectivity index (χ2n) is 8.72. The zero-order valence-electron chi connectivity index (χ0n) is 19.6. The summed E-state index contributed by atoms with van der Waals surface area (Å²) in [7, 11) is 0. The maximum Gasteiger partial charge on any atom is 0.331 e. The van der Waals surface area contributed by atoms with Crippen molar-refractivity contribution >= 4 is 29.3 Å². The second-order valence-corrected chi connectivity index (χ2v) is 9.67. The van der Waals surface area contributed by atoms with Crippen molar-refractivity contribution in [1.82, 2.24) is 14.7 Å². The number of amides is 1. The van der Waals surface area contributed by atoms with Crippen LogP contribution in [-0.2, 0) is 14.3 Å². The smallest absolute Gasteiger partial charge is 0.331 e. The van der Waals surface area contributed by atoms with E-state index in [0.717, 1.165) is 21.8 Å². The van der Waals surface area contributed by atoms with Gasteiger partial charge in [0.15, 0.2) is 6.61 Å². The Morgan fingerprint density at radius 2 is 1.76 bits per heavy atom. The number of hydrogen-bond acceptors (Lipinski definition) is 5. The molecule has 0 atom stereocenters. The third-order valence-corrected chi connectivity index (χ3v) is 5.66. The molecule has 0 N–H and O–H groups in total. The molecular formula is C26H31N3O3S. The first kappa shape index (κ1) is 24.5. The lowest BCUT2D eigenvalue weighted by Crippen LogP contribution is -2.39. The maximum atomic E-state index is 12.6. The average Bonchev–Trinajstić information content (AvgIpc) is 3.45. The first-order valence-corrected chi connectivity index (χ1v) is 12.0. The molecule has 33 heavy (non-hydrogen) atoms. The molecule has 1 amide bonds. The minimum Gasteiger partial charge on any atom is -0.452 e. The van der Waals surface area contributed by atoms with Crippen LogP contribution < -0.4 is 0 Å². The number of esters is 1. The molecule has 0 bridgehead atoms. The maximum absolute atomic E-state index is 12.6. The highest BCUT2D eigenvalue weighted by molar-refractivity contribution is 7.13. The van der Waals surface area contributed by atoms with Crippen LogP contribution in [0.1, 0.15) is 33.3 Å². The molecule has 2 aromatic heterocycles. The van der Waals surface area contributed by atoms with Gasteiger partial charge in [-0.2, -0.15) is 5.10 Å². The van der Waals surface area contributed by atoms with Crippen molar-refractivity contribution in [1.29, 1.82) is 0 Å². The molecule has 0 spiro atoms. The molecular weight excluding hydrogens is 434 g/mol. The molecule has 1 aromatic carbocycles. The molecule has 174 valence electrons. The molecule has 0 aliphatic rings. The van der Waals surface area contributed by atoms with Gasteiger partial charge in [0.05, 0.1) is 10.6 Å². The number of benzene rings is 1. The Morgan fingerprint density at radius 3 is 2.36 bits per heavy atom. The SMILES string of the molecule is CC(C)CN(CC(C)C)C(=O)COC(=O)C=Cc1cn(-c2ccccc2)nc1-c1cccs1. The average molecular weight is 466 g/mol. The van der Waals surface area contributed by atoms with E-state index in [2.05, 4.69) is 27.7 Å². The minimum absolute atomic E-state index is 0.171. The summed E-state index contributed by atoms with van der Waals surface area (Å²) in [5, 5.41) is 6.71. The third kappa shape index (κ3) is 7.15. The fourth-order valence-corrected chi connectivity index (χ4v) is 4.15. The zero-order chi connectivity index (χ0) is 23.8. The highest BCUT2D eigenvalue weighted by atomic mass is 32.1.